The monoisotopic (exact) mass is 332 g/mol. The van der Waals surface area contributed by atoms with Crippen LogP contribution in [0.1, 0.15) is 58.3 Å². The molecule has 1 heterocycles. The molecule has 0 aromatic carbocycles. The van der Waals surface area contributed by atoms with Crippen LogP contribution in [-0.4, -0.2) is 25.3 Å². The summed E-state index contributed by atoms with van der Waals surface area (Å²) in [5.41, 5.74) is 0. The van der Waals surface area contributed by atoms with Gasteiger partial charge in [0.2, 0.25) is 0 Å². The van der Waals surface area contributed by atoms with Crippen molar-refractivity contribution in [2.45, 2.75) is 70.5 Å². The first kappa shape index (κ1) is 20.4. The van der Waals surface area contributed by atoms with Crippen molar-refractivity contribution in [2.24, 2.45) is 0 Å². The van der Waals surface area contributed by atoms with Crippen LogP contribution in [-0.2, 0) is 14.3 Å². The Labute approximate surface area is 147 Å². The summed E-state index contributed by atoms with van der Waals surface area (Å²) in [6, 6.07) is 0. The molecular formula is C21H32O3. The highest BCUT2D eigenvalue weighted by molar-refractivity contribution is 5.68. The normalized spacial score (nSPS) is 20.8. The van der Waals surface area contributed by atoms with E-state index < -0.39 is 0 Å². The van der Waals surface area contributed by atoms with Gasteiger partial charge in [-0.15, -0.1) is 0 Å². The molecule has 0 aromatic rings. The van der Waals surface area contributed by atoms with Gasteiger partial charge in [0.05, 0.1) is 19.3 Å². The summed E-state index contributed by atoms with van der Waals surface area (Å²) in [6.45, 7) is 2.15. The molecule has 1 saturated heterocycles. The molecule has 0 amide bonds. The highest BCUT2D eigenvalue weighted by Crippen LogP contribution is 2.30. The zero-order valence-corrected chi connectivity index (χ0v) is 15.2. The number of ether oxygens (including phenoxy) is 2. The van der Waals surface area contributed by atoms with Crippen molar-refractivity contribution in [1.29, 1.82) is 0 Å². The van der Waals surface area contributed by atoms with E-state index in [4.69, 9.17) is 4.74 Å². The predicted molar refractivity (Wildman–Crippen MR) is 99.8 cm³/mol. The third-order valence-corrected chi connectivity index (χ3v) is 3.87. The van der Waals surface area contributed by atoms with Gasteiger partial charge in [-0.3, -0.25) is 4.79 Å². The molecule has 24 heavy (non-hydrogen) atoms. The van der Waals surface area contributed by atoms with Crippen LogP contribution in [0.3, 0.4) is 0 Å². The molecule has 134 valence electrons. The zero-order chi connectivity index (χ0) is 17.5. The Morgan fingerprint density at radius 2 is 1.50 bits per heavy atom. The fourth-order valence-electron chi connectivity index (χ4n) is 2.40. The van der Waals surface area contributed by atoms with Gasteiger partial charge >= 0.3 is 5.97 Å². The molecule has 3 heteroatoms. The highest BCUT2D eigenvalue weighted by Gasteiger charge is 2.36. The second-order valence-electron chi connectivity index (χ2n) is 5.92. The number of hydrogen-bond donors (Lipinski definition) is 0. The highest BCUT2D eigenvalue weighted by atomic mass is 16.6. The van der Waals surface area contributed by atoms with E-state index in [1.54, 1.807) is 0 Å². The van der Waals surface area contributed by atoms with E-state index in [-0.39, 0.29) is 5.97 Å². The first-order chi connectivity index (χ1) is 11.8. The van der Waals surface area contributed by atoms with Crippen molar-refractivity contribution in [2.75, 3.05) is 7.11 Å². The molecule has 1 rings (SSSR count). The van der Waals surface area contributed by atoms with Gasteiger partial charge in [-0.1, -0.05) is 55.5 Å². The van der Waals surface area contributed by atoms with Crippen LogP contribution in [0.4, 0.5) is 0 Å². The lowest BCUT2D eigenvalue weighted by molar-refractivity contribution is -0.140. The average molecular weight is 332 g/mol. The second kappa shape index (κ2) is 13.8. The van der Waals surface area contributed by atoms with E-state index in [0.717, 1.165) is 44.9 Å². The van der Waals surface area contributed by atoms with Crippen LogP contribution in [0.25, 0.3) is 0 Å². The van der Waals surface area contributed by atoms with Crippen molar-refractivity contribution in [3.8, 4) is 0 Å². The Morgan fingerprint density at radius 1 is 0.917 bits per heavy atom. The van der Waals surface area contributed by atoms with Gasteiger partial charge in [0.15, 0.2) is 0 Å². The maximum absolute atomic E-state index is 11.0. The number of rotatable bonds is 13. The van der Waals surface area contributed by atoms with E-state index in [1.807, 2.05) is 0 Å². The molecule has 1 aliphatic rings. The van der Waals surface area contributed by atoms with Gasteiger partial charge in [0, 0.05) is 6.42 Å². The van der Waals surface area contributed by atoms with Gasteiger partial charge in [-0.25, -0.2) is 0 Å². The molecule has 0 aromatic heterocycles. The lowest BCUT2D eigenvalue weighted by atomic mass is 10.1. The molecule has 0 aliphatic carbocycles. The van der Waals surface area contributed by atoms with E-state index >= 15 is 0 Å². The first-order valence-electron chi connectivity index (χ1n) is 9.10. The minimum absolute atomic E-state index is 0.133. The standard InChI is InChI=1S/C21H32O3/c1-3-4-5-6-7-8-9-10-11-12-13-14-16-19-20(24-19)17-15-18-21(22)23-2/h4-5,7-8,10-11,13-14,19-20H,3,6,9,12,15-18H2,1-2H3/t19-,20+/m1/s1. The first-order valence-corrected chi connectivity index (χ1v) is 9.10. The minimum Gasteiger partial charge on any atom is -0.469 e. The fourth-order valence-corrected chi connectivity index (χ4v) is 2.40. The quantitative estimate of drug-likeness (QED) is 0.261. The summed E-state index contributed by atoms with van der Waals surface area (Å²) in [7, 11) is 1.43. The van der Waals surface area contributed by atoms with Crippen LogP contribution in [0.2, 0.25) is 0 Å². The van der Waals surface area contributed by atoms with Crippen molar-refractivity contribution in [1.82, 2.24) is 0 Å². The van der Waals surface area contributed by atoms with Gasteiger partial charge in [-0.2, -0.15) is 0 Å². The molecule has 0 bridgehead atoms. The maximum atomic E-state index is 11.0. The molecule has 1 aliphatic heterocycles. The van der Waals surface area contributed by atoms with Gasteiger partial charge in [0.1, 0.15) is 0 Å². The van der Waals surface area contributed by atoms with Crippen molar-refractivity contribution in [3.63, 3.8) is 0 Å². The van der Waals surface area contributed by atoms with Crippen molar-refractivity contribution in [3.05, 3.63) is 48.6 Å². The molecule has 0 unspecified atom stereocenters. The Hall–Kier alpha value is -1.61. The molecule has 0 N–H and O–H groups in total. The number of carbonyl (C=O) groups is 1. The Balaban J connectivity index is 1.94. The lowest BCUT2D eigenvalue weighted by Crippen LogP contribution is -2.01. The summed E-state index contributed by atoms with van der Waals surface area (Å²) in [5, 5.41) is 0. The molecule has 1 fully saturated rings. The number of hydrogen-bond acceptors (Lipinski definition) is 3. The lowest BCUT2D eigenvalue weighted by Gasteiger charge is -1.96. The van der Waals surface area contributed by atoms with E-state index in [2.05, 4.69) is 60.3 Å². The number of epoxide rings is 1. The number of methoxy groups -OCH3 is 1. The van der Waals surface area contributed by atoms with E-state index in [0.29, 0.717) is 18.6 Å². The van der Waals surface area contributed by atoms with Crippen molar-refractivity contribution >= 4 is 5.97 Å². The van der Waals surface area contributed by atoms with Gasteiger partial charge < -0.3 is 9.47 Å². The summed E-state index contributed by atoms with van der Waals surface area (Å²) < 4.78 is 10.2. The molecule has 0 radical (unpaired) electrons. The van der Waals surface area contributed by atoms with Crippen LogP contribution in [0.15, 0.2) is 48.6 Å². The van der Waals surface area contributed by atoms with Crippen LogP contribution >= 0.6 is 0 Å². The zero-order valence-electron chi connectivity index (χ0n) is 15.2. The number of carbonyl (C=O) groups excluding carboxylic acids is 1. The molecule has 0 spiro atoms. The summed E-state index contributed by atoms with van der Waals surface area (Å²) >= 11 is 0. The third-order valence-electron chi connectivity index (χ3n) is 3.87. The molecular weight excluding hydrogens is 300 g/mol. The third kappa shape index (κ3) is 11.0. The van der Waals surface area contributed by atoms with Crippen LogP contribution < -0.4 is 0 Å². The Morgan fingerprint density at radius 3 is 2.08 bits per heavy atom. The number of esters is 1. The van der Waals surface area contributed by atoms with Gasteiger partial charge in [0.25, 0.3) is 0 Å². The van der Waals surface area contributed by atoms with Gasteiger partial charge in [-0.05, 0) is 44.9 Å². The molecule has 2 atom stereocenters. The largest absolute Gasteiger partial charge is 0.469 e. The fraction of sp³-hybridized carbons (Fsp3) is 0.571. The summed E-state index contributed by atoms with van der Waals surface area (Å²) in [6.07, 6.45) is 25.7. The summed E-state index contributed by atoms with van der Waals surface area (Å²) in [5.74, 6) is -0.133. The smallest absolute Gasteiger partial charge is 0.305 e. The molecule has 0 saturated carbocycles. The predicted octanol–water partition coefficient (Wildman–Crippen LogP) is 5.29. The minimum atomic E-state index is -0.133. The van der Waals surface area contributed by atoms with Crippen molar-refractivity contribution < 1.29 is 14.3 Å². The topological polar surface area (TPSA) is 38.8 Å². The van der Waals surface area contributed by atoms with E-state index in [1.165, 1.54) is 7.11 Å². The van der Waals surface area contributed by atoms with Crippen LogP contribution in [0.5, 0.6) is 0 Å². The van der Waals surface area contributed by atoms with E-state index in [9.17, 15) is 4.79 Å². The average Bonchev–Trinajstić information content (AvgIpc) is 3.34. The SMILES string of the molecule is CCC=CCC=CCC=CCC=CC[C@H]1O[C@H]1CCCC(=O)OC. The second-order valence-corrected chi connectivity index (χ2v) is 5.92. The maximum Gasteiger partial charge on any atom is 0.305 e. The Kier molecular flexibility index (Phi) is 11.7. The van der Waals surface area contributed by atoms with Crippen LogP contribution in [0, 0.1) is 0 Å². The number of allylic oxidation sites excluding steroid dienone is 7. The summed E-state index contributed by atoms with van der Waals surface area (Å²) in [4.78, 5) is 11.0. The molecule has 3 nitrogen and oxygen atoms in total. The Bertz CT molecular complexity index is 446.